The van der Waals surface area contributed by atoms with Crippen LogP contribution >= 0.6 is 0 Å². The van der Waals surface area contributed by atoms with E-state index in [0.717, 1.165) is 38.2 Å². The van der Waals surface area contributed by atoms with Gasteiger partial charge in [-0.1, -0.05) is 19.3 Å². The summed E-state index contributed by atoms with van der Waals surface area (Å²) < 4.78 is 0. The highest BCUT2D eigenvalue weighted by Crippen LogP contribution is 2.23. The number of rotatable bonds is 3. The smallest absolute Gasteiger partial charge is 0.328 e. The number of carboxylic acid groups (broad SMARTS) is 1. The van der Waals surface area contributed by atoms with Gasteiger partial charge in [-0.25, -0.2) is 4.79 Å². The SMILES string of the molecule is O=C(O)/C=C/C(=O)NNC(=O)C1CCCCC1. The molecule has 0 spiro atoms. The maximum absolute atomic E-state index is 11.6. The van der Waals surface area contributed by atoms with Crippen LogP contribution in [0.1, 0.15) is 32.1 Å². The fourth-order valence-electron chi connectivity index (χ4n) is 1.78. The largest absolute Gasteiger partial charge is 0.478 e. The Morgan fingerprint density at radius 1 is 1.00 bits per heavy atom. The molecule has 0 aliphatic heterocycles. The van der Waals surface area contributed by atoms with Crippen LogP contribution < -0.4 is 10.9 Å². The van der Waals surface area contributed by atoms with Crippen molar-refractivity contribution in [1.82, 2.24) is 10.9 Å². The maximum atomic E-state index is 11.6. The Hall–Kier alpha value is -1.85. The number of aliphatic carboxylic acids is 1. The number of nitrogens with one attached hydrogen (secondary N) is 2. The molecule has 0 aromatic heterocycles. The summed E-state index contributed by atoms with van der Waals surface area (Å²) in [4.78, 5) is 32.8. The molecule has 0 aromatic rings. The van der Waals surface area contributed by atoms with Crippen LogP contribution in [0.15, 0.2) is 12.2 Å². The molecule has 0 bridgehead atoms. The molecule has 1 aliphatic carbocycles. The number of hydrazine groups is 1. The molecule has 1 rings (SSSR count). The molecule has 94 valence electrons. The summed E-state index contributed by atoms with van der Waals surface area (Å²) in [5, 5.41) is 8.29. The third kappa shape index (κ3) is 5.14. The zero-order chi connectivity index (χ0) is 12.7. The summed E-state index contributed by atoms with van der Waals surface area (Å²) in [6.45, 7) is 0. The van der Waals surface area contributed by atoms with Gasteiger partial charge in [0.25, 0.3) is 5.91 Å². The van der Waals surface area contributed by atoms with Gasteiger partial charge in [-0.2, -0.15) is 0 Å². The van der Waals surface area contributed by atoms with Gasteiger partial charge in [0.1, 0.15) is 0 Å². The fraction of sp³-hybridized carbons (Fsp3) is 0.545. The van der Waals surface area contributed by atoms with Gasteiger partial charge in [0.05, 0.1) is 0 Å². The summed E-state index contributed by atoms with van der Waals surface area (Å²) in [7, 11) is 0. The zero-order valence-electron chi connectivity index (χ0n) is 9.44. The minimum Gasteiger partial charge on any atom is -0.478 e. The van der Waals surface area contributed by atoms with Gasteiger partial charge >= 0.3 is 5.97 Å². The lowest BCUT2D eigenvalue weighted by Crippen LogP contribution is -2.44. The third-order valence-corrected chi connectivity index (χ3v) is 2.66. The van der Waals surface area contributed by atoms with Crippen molar-refractivity contribution in [3.05, 3.63) is 12.2 Å². The molecule has 17 heavy (non-hydrogen) atoms. The van der Waals surface area contributed by atoms with E-state index in [-0.39, 0.29) is 11.8 Å². The van der Waals surface area contributed by atoms with E-state index >= 15 is 0 Å². The molecule has 1 fully saturated rings. The van der Waals surface area contributed by atoms with Gasteiger partial charge in [0.2, 0.25) is 5.91 Å². The molecule has 0 unspecified atom stereocenters. The lowest BCUT2D eigenvalue weighted by molar-refractivity contribution is -0.131. The number of carboxylic acids is 1. The molecule has 1 aliphatic rings. The number of amides is 2. The lowest BCUT2D eigenvalue weighted by atomic mass is 9.89. The van der Waals surface area contributed by atoms with Crippen LogP contribution in [-0.2, 0) is 14.4 Å². The van der Waals surface area contributed by atoms with Crippen molar-refractivity contribution in [2.24, 2.45) is 5.92 Å². The molecule has 6 heteroatoms. The van der Waals surface area contributed by atoms with E-state index in [0.29, 0.717) is 6.08 Å². The van der Waals surface area contributed by atoms with E-state index < -0.39 is 11.9 Å². The second kappa shape index (κ2) is 6.67. The maximum Gasteiger partial charge on any atom is 0.328 e. The Morgan fingerprint density at radius 3 is 2.24 bits per heavy atom. The predicted molar refractivity (Wildman–Crippen MR) is 59.6 cm³/mol. The van der Waals surface area contributed by atoms with Crippen LogP contribution in [0.5, 0.6) is 0 Å². The van der Waals surface area contributed by atoms with Crippen LogP contribution in [0.4, 0.5) is 0 Å². The normalized spacial score (nSPS) is 16.7. The van der Waals surface area contributed by atoms with E-state index in [2.05, 4.69) is 10.9 Å². The quantitative estimate of drug-likeness (QED) is 0.490. The molecular formula is C11H16N2O4. The first kappa shape index (κ1) is 13.2. The van der Waals surface area contributed by atoms with Crippen molar-refractivity contribution < 1.29 is 19.5 Å². The molecule has 6 nitrogen and oxygen atoms in total. The highest BCUT2D eigenvalue weighted by molar-refractivity contribution is 5.94. The van der Waals surface area contributed by atoms with E-state index in [4.69, 9.17) is 5.11 Å². The van der Waals surface area contributed by atoms with E-state index in [1.807, 2.05) is 0 Å². The van der Waals surface area contributed by atoms with E-state index in [9.17, 15) is 14.4 Å². The van der Waals surface area contributed by atoms with Crippen molar-refractivity contribution in [1.29, 1.82) is 0 Å². The molecule has 0 heterocycles. The minimum absolute atomic E-state index is 0.0486. The third-order valence-electron chi connectivity index (χ3n) is 2.66. The zero-order valence-corrected chi connectivity index (χ0v) is 9.44. The average molecular weight is 240 g/mol. The molecule has 0 aromatic carbocycles. The van der Waals surface area contributed by atoms with Crippen molar-refractivity contribution in [3.63, 3.8) is 0 Å². The predicted octanol–water partition coefficient (Wildman–Crippen LogP) is 0.355. The Morgan fingerprint density at radius 2 is 1.65 bits per heavy atom. The van der Waals surface area contributed by atoms with Crippen LogP contribution in [0, 0.1) is 5.92 Å². The molecule has 2 amide bonds. The van der Waals surface area contributed by atoms with Gasteiger partial charge in [-0.15, -0.1) is 0 Å². The van der Waals surface area contributed by atoms with Gasteiger partial charge in [-0.05, 0) is 12.8 Å². The summed E-state index contributed by atoms with van der Waals surface area (Å²) >= 11 is 0. The lowest BCUT2D eigenvalue weighted by Gasteiger charge is -2.20. The van der Waals surface area contributed by atoms with Gasteiger partial charge in [0, 0.05) is 18.1 Å². The summed E-state index contributed by atoms with van der Waals surface area (Å²) in [5.41, 5.74) is 4.44. The molecular weight excluding hydrogens is 224 g/mol. The molecule has 3 N–H and O–H groups in total. The Kier molecular flexibility index (Phi) is 5.19. The summed E-state index contributed by atoms with van der Waals surface area (Å²) in [6, 6.07) is 0. The molecule has 0 radical (unpaired) electrons. The monoisotopic (exact) mass is 240 g/mol. The van der Waals surface area contributed by atoms with Crippen LogP contribution in [0.25, 0.3) is 0 Å². The number of hydrogen-bond acceptors (Lipinski definition) is 3. The van der Waals surface area contributed by atoms with Crippen molar-refractivity contribution in [3.8, 4) is 0 Å². The highest BCUT2D eigenvalue weighted by Gasteiger charge is 2.20. The Balaban J connectivity index is 2.27. The van der Waals surface area contributed by atoms with Crippen molar-refractivity contribution in [2.75, 3.05) is 0 Å². The van der Waals surface area contributed by atoms with Crippen molar-refractivity contribution in [2.45, 2.75) is 32.1 Å². The van der Waals surface area contributed by atoms with Gasteiger partial charge in [-0.3, -0.25) is 20.4 Å². The fourth-order valence-corrected chi connectivity index (χ4v) is 1.78. The topological polar surface area (TPSA) is 95.5 Å². The average Bonchev–Trinajstić information content (AvgIpc) is 2.34. The van der Waals surface area contributed by atoms with Crippen molar-refractivity contribution >= 4 is 17.8 Å². The summed E-state index contributed by atoms with van der Waals surface area (Å²) in [5.74, 6) is -2.12. The second-order valence-electron chi connectivity index (χ2n) is 3.99. The van der Waals surface area contributed by atoms with Gasteiger partial charge in [0.15, 0.2) is 0 Å². The minimum atomic E-state index is -1.21. The molecule has 0 saturated heterocycles. The number of carbonyl (C=O) groups is 3. The van der Waals surface area contributed by atoms with Crippen LogP contribution in [0.2, 0.25) is 0 Å². The van der Waals surface area contributed by atoms with E-state index in [1.165, 1.54) is 0 Å². The number of hydrogen-bond donors (Lipinski definition) is 3. The van der Waals surface area contributed by atoms with Gasteiger partial charge < -0.3 is 5.11 Å². The van der Waals surface area contributed by atoms with E-state index in [1.54, 1.807) is 0 Å². The second-order valence-corrected chi connectivity index (χ2v) is 3.99. The summed E-state index contributed by atoms with van der Waals surface area (Å²) in [6.07, 6.45) is 6.46. The first-order valence-corrected chi connectivity index (χ1v) is 5.60. The Labute approximate surface area is 99.0 Å². The number of carbonyl (C=O) groups excluding carboxylic acids is 2. The standard InChI is InChI=1S/C11H16N2O4/c14-9(6-7-10(15)16)12-13-11(17)8-4-2-1-3-5-8/h6-8H,1-5H2,(H,12,14)(H,13,17)(H,15,16)/b7-6+. The molecule has 1 saturated carbocycles. The molecule has 0 atom stereocenters. The Bertz CT molecular complexity index is 332. The van der Waals surface area contributed by atoms with Crippen LogP contribution in [-0.4, -0.2) is 22.9 Å². The van der Waals surface area contributed by atoms with Crippen LogP contribution in [0.3, 0.4) is 0 Å². The first-order chi connectivity index (χ1) is 8.09. The highest BCUT2D eigenvalue weighted by atomic mass is 16.4. The first-order valence-electron chi connectivity index (χ1n) is 5.60.